The predicted molar refractivity (Wildman–Crippen MR) is 176 cm³/mol. The number of aryl methyl sites for hydroxylation is 1. The lowest BCUT2D eigenvalue weighted by atomic mass is 9.98. The van der Waals surface area contributed by atoms with Gasteiger partial charge in [-0.05, 0) is 74.2 Å². The van der Waals surface area contributed by atoms with Crippen LogP contribution in [0.5, 0.6) is 0 Å². The Balaban J connectivity index is 1.22. The van der Waals surface area contributed by atoms with Crippen LogP contribution in [0.15, 0.2) is 97.5 Å². The van der Waals surface area contributed by atoms with Gasteiger partial charge < -0.3 is 28.3 Å². The van der Waals surface area contributed by atoms with E-state index in [1.54, 1.807) is 31.2 Å². The maximum absolute atomic E-state index is 13.7. The molecule has 0 spiro atoms. The number of ether oxygens (including phenoxy) is 4. The minimum absolute atomic E-state index is 0.0923. The summed E-state index contributed by atoms with van der Waals surface area (Å²) in [6, 6.07) is 26.4. The zero-order chi connectivity index (χ0) is 32.7. The molecule has 0 radical (unpaired) electrons. The van der Waals surface area contributed by atoms with E-state index in [0.29, 0.717) is 34.6 Å². The number of carbonyl (C=O) groups excluding carboxylic acids is 2. The predicted octanol–water partition coefficient (Wildman–Crippen LogP) is 7.29. The number of ketones is 1. The Morgan fingerprint density at radius 3 is 2.34 bits per heavy atom. The van der Waals surface area contributed by atoms with Crippen molar-refractivity contribution in [2.45, 2.75) is 70.0 Å². The van der Waals surface area contributed by atoms with Crippen molar-refractivity contribution in [3.8, 4) is 11.1 Å². The van der Waals surface area contributed by atoms with Gasteiger partial charge in [0.15, 0.2) is 18.1 Å². The number of benzene rings is 3. The molecule has 0 amide bonds. The number of rotatable bonds is 9. The highest BCUT2D eigenvalue weighted by Crippen LogP contribution is 2.48. The minimum Gasteiger partial charge on any atom is -0.451 e. The van der Waals surface area contributed by atoms with E-state index in [2.05, 4.69) is 9.97 Å². The summed E-state index contributed by atoms with van der Waals surface area (Å²) in [6.45, 7) is 5.28. The molecule has 2 aliphatic heterocycles. The van der Waals surface area contributed by atoms with Gasteiger partial charge >= 0.3 is 5.97 Å². The van der Waals surface area contributed by atoms with Crippen molar-refractivity contribution in [1.29, 1.82) is 0 Å². The Bertz CT molecular complexity index is 1910. The lowest BCUT2D eigenvalue weighted by molar-refractivity contribution is -0.207. The Kier molecular flexibility index (Phi) is 8.40. The van der Waals surface area contributed by atoms with Crippen LogP contribution in [0.2, 0.25) is 5.02 Å². The summed E-state index contributed by atoms with van der Waals surface area (Å²) < 4.78 is 27.8. The number of hydrogen-bond donors (Lipinski definition) is 0. The largest absolute Gasteiger partial charge is 0.451 e. The third-order valence-corrected chi connectivity index (χ3v) is 8.86. The number of halogens is 1. The van der Waals surface area contributed by atoms with E-state index in [4.69, 9.17) is 30.5 Å². The number of nitrogens with zero attached hydrogens (tertiary/aromatic N) is 3. The van der Waals surface area contributed by atoms with Crippen LogP contribution in [0.1, 0.15) is 61.1 Å². The molecular formula is C37H34ClN3O6. The molecule has 0 N–H and O–H groups in total. The van der Waals surface area contributed by atoms with E-state index in [9.17, 15) is 9.59 Å². The molecule has 5 aromatic rings. The van der Waals surface area contributed by atoms with Crippen molar-refractivity contribution in [2.24, 2.45) is 0 Å². The second kappa shape index (κ2) is 12.7. The molecule has 47 heavy (non-hydrogen) atoms. The fourth-order valence-electron chi connectivity index (χ4n) is 6.39. The number of aromatic nitrogens is 3. The highest BCUT2D eigenvalue weighted by molar-refractivity contribution is 6.30. The van der Waals surface area contributed by atoms with E-state index in [0.717, 1.165) is 22.2 Å². The van der Waals surface area contributed by atoms with Gasteiger partial charge in [0.25, 0.3) is 0 Å². The van der Waals surface area contributed by atoms with Crippen molar-refractivity contribution in [3.63, 3.8) is 0 Å². The van der Waals surface area contributed by atoms with Crippen molar-refractivity contribution in [1.82, 2.24) is 14.5 Å². The van der Waals surface area contributed by atoms with Gasteiger partial charge in [-0.15, -0.1) is 0 Å². The molecular weight excluding hydrogens is 618 g/mol. The molecule has 5 atom stereocenters. The first kappa shape index (κ1) is 31.2. The van der Waals surface area contributed by atoms with E-state index >= 15 is 0 Å². The molecule has 0 saturated carbocycles. The molecule has 2 aromatic heterocycles. The molecule has 0 unspecified atom stereocenters. The average molecular weight is 652 g/mol. The van der Waals surface area contributed by atoms with Gasteiger partial charge in [0.1, 0.15) is 36.1 Å². The standard InChI is InChI=1S/C37H34ClN3O6/c1-22(42)9-18-29-28-19-20-41(34(28)40-21-39-29)35-33-32(46-37(2,3)47-33)31(44-35)30(25-14-16-27(38)17-15-25)45-36(43)26-12-10-24(11-13-26)23-7-5-4-6-8-23/h4-8,10-17,19-21,30-33,35H,9,18H2,1-3H3/t30-,31-,32-,33-,35-/m1/s1. The molecule has 2 fully saturated rings. The molecule has 3 aromatic carbocycles. The van der Waals surface area contributed by atoms with Crippen LogP contribution in [-0.4, -0.2) is 50.4 Å². The van der Waals surface area contributed by atoms with E-state index in [1.807, 2.05) is 85.3 Å². The fourth-order valence-corrected chi connectivity index (χ4v) is 6.51. The Morgan fingerprint density at radius 2 is 1.62 bits per heavy atom. The zero-order valence-electron chi connectivity index (χ0n) is 26.2. The topological polar surface area (TPSA) is 102 Å². The molecule has 0 aliphatic carbocycles. The van der Waals surface area contributed by atoms with Gasteiger partial charge in [-0.1, -0.05) is 66.2 Å². The van der Waals surface area contributed by atoms with E-state index in [1.165, 1.54) is 6.33 Å². The highest BCUT2D eigenvalue weighted by atomic mass is 35.5. The Labute approximate surface area is 277 Å². The van der Waals surface area contributed by atoms with Crippen LogP contribution in [0, 0.1) is 0 Å². The summed E-state index contributed by atoms with van der Waals surface area (Å²) in [4.78, 5) is 34.4. The van der Waals surface area contributed by atoms with Crippen molar-refractivity contribution < 1.29 is 28.5 Å². The van der Waals surface area contributed by atoms with Gasteiger partial charge in [-0.3, -0.25) is 0 Å². The minimum atomic E-state index is -0.915. The van der Waals surface area contributed by atoms with Crippen LogP contribution in [-0.2, 0) is 30.2 Å². The highest BCUT2D eigenvalue weighted by Gasteiger charge is 2.59. The van der Waals surface area contributed by atoms with Crippen molar-refractivity contribution in [2.75, 3.05) is 0 Å². The number of carbonyl (C=O) groups is 2. The van der Waals surface area contributed by atoms with Crippen LogP contribution in [0.4, 0.5) is 0 Å². The normalized spacial score (nSPS) is 22.2. The SMILES string of the molecule is CC(=O)CCc1ncnc2c1ccn2[C@@H]1O[C@H]([C@H](OC(=O)c2ccc(-c3ccccc3)cc2)c2ccc(Cl)cc2)[C@H]2OC(C)(C)O[C@H]21. The summed E-state index contributed by atoms with van der Waals surface area (Å²) in [6.07, 6.45) is 0.898. The first-order valence-electron chi connectivity index (χ1n) is 15.6. The average Bonchev–Trinajstić information content (AvgIpc) is 3.74. The quantitative estimate of drug-likeness (QED) is 0.153. The number of esters is 1. The Morgan fingerprint density at radius 1 is 0.915 bits per heavy atom. The molecule has 4 heterocycles. The summed E-state index contributed by atoms with van der Waals surface area (Å²) in [7, 11) is 0. The first-order chi connectivity index (χ1) is 22.7. The molecule has 7 rings (SSSR count). The molecule has 0 bridgehead atoms. The summed E-state index contributed by atoms with van der Waals surface area (Å²) >= 11 is 6.25. The lowest BCUT2D eigenvalue weighted by Gasteiger charge is -2.29. The number of fused-ring (bicyclic) bond motifs is 2. The maximum Gasteiger partial charge on any atom is 0.338 e. The lowest BCUT2D eigenvalue weighted by Crippen LogP contribution is -2.36. The molecule has 2 saturated heterocycles. The van der Waals surface area contributed by atoms with Crippen molar-refractivity contribution >= 4 is 34.4 Å². The van der Waals surface area contributed by atoms with E-state index in [-0.39, 0.29) is 5.78 Å². The number of hydrogen-bond acceptors (Lipinski definition) is 8. The third-order valence-electron chi connectivity index (χ3n) is 8.60. The monoisotopic (exact) mass is 651 g/mol. The smallest absolute Gasteiger partial charge is 0.338 e. The summed E-state index contributed by atoms with van der Waals surface area (Å²) in [5, 5.41) is 1.38. The fraction of sp³-hybridized carbons (Fsp3) is 0.297. The second-order valence-electron chi connectivity index (χ2n) is 12.4. The molecule has 10 heteroatoms. The Hall–Kier alpha value is -4.41. The van der Waals surface area contributed by atoms with Gasteiger partial charge in [0.05, 0.1) is 11.3 Å². The van der Waals surface area contributed by atoms with E-state index < -0.39 is 42.4 Å². The second-order valence-corrected chi connectivity index (χ2v) is 12.8. The molecule has 240 valence electrons. The van der Waals surface area contributed by atoms with Gasteiger partial charge in [-0.25, -0.2) is 14.8 Å². The summed E-state index contributed by atoms with van der Waals surface area (Å²) in [5.74, 6) is -1.32. The van der Waals surface area contributed by atoms with Gasteiger partial charge in [-0.2, -0.15) is 0 Å². The number of Topliss-reactive ketones (excluding diaryl/α,β-unsaturated/α-hetero) is 1. The van der Waals surface area contributed by atoms with Crippen LogP contribution in [0.3, 0.4) is 0 Å². The van der Waals surface area contributed by atoms with Gasteiger partial charge in [0, 0.05) is 23.0 Å². The van der Waals surface area contributed by atoms with Crippen LogP contribution in [0.25, 0.3) is 22.2 Å². The first-order valence-corrected chi connectivity index (χ1v) is 16.0. The summed E-state index contributed by atoms with van der Waals surface area (Å²) in [5.41, 5.74) is 4.59. The van der Waals surface area contributed by atoms with Crippen LogP contribution < -0.4 is 0 Å². The van der Waals surface area contributed by atoms with Crippen molar-refractivity contribution in [3.05, 3.63) is 119 Å². The van der Waals surface area contributed by atoms with Crippen LogP contribution >= 0.6 is 11.6 Å². The third kappa shape index (κ3) is 6.32. The zero-order valence-corrected chi connectivity index (χ0v) is 27.0. The van der Waals surface area contributed by atoms with Gasteiger partial charge in [0.2, 0.25) is 0 Å². The molecule has 2 aliphatic rings. The maximum atomic E-state index is 13.7. The molecule has 9 nitrogen and oxygen atoms in total.